The third kappa shape index (κ3) is 5.64. The minimum Gasteiger partial charge on any atom is -0.389 e. The van der Waals surface area contributed by atoms with Crippen molar-refractivity contribution in [2.24, 2.45) is 0 Å². The van der Waals surface area contributed by atoms with Crippen LogP contribution < -0.4 is 0 Å². The summed E-state index contributed by atoms with van der Waals surface area (Å²) in [5.41, 5.74) is -0.792. The molecule has 0 radical (unpaired) electrons. The largest absolute Gasteiger partial charge is 0.389 e. The number of carbonyl (C=O) groups excluding carboxylic acids is 1. The van der Waals surface area contributed by atoms with Crippen molar-refractivity contribution < 1.29 is 9.90 Å². The van der Waals surface area contributed by atoms with Crippen molar-refractivity contribution in [3.8, 4) is 0 Å². The van der Waals surface area contributed by atoms with Crippen molar-refractivity contribution in [3.05, 3.63) is 0 Å². The van der Waals surface area contributed by atoms with Crippen LogP contribution in [0.25, 0.3) is 0 Å². The lowest BCUT2D eigenvalue weighted by atomic mass is 10.1. The quantitative estimate of drug-likeness (QED) is 0.707. The molecule has 3 nitrogen and oxygen atoms in total. The van der Waals surface area contributed by atoms with Gasteiger partial charge in [-0.2, -0.15) is 0 Å². The Bertz CT molecular complexity index is 161. The molecule has 0 saturated carbocycles. The number of carbonyl (C=O) groups is 1. The van der Waals surface area contributed by atoms with Crippen molar-refractivity contribution in [2.45, 2.75) is 46.1 Å². The van der Waals surface area contributed by atoms with Gasteiger partial charge in [0.1, 0.15) is 0 Å². The molecule has 0 aromatic rings. The van der Waals surface area contributed by atoms with Gasteiger partial charge in [-0.3, -0.25) is 4.79 Å². The van der Waals surface area contributed by atoms with E-state index in [-0.39, 0.29) is 5.91 Å². The summed E-state index contributed by atoms with van der Waals surface area (Å²) in [7, 11) is 0. The van der Waals surface area contributed by atoms with E-state index >= 15 is 0 Å². The topological polar surface area (TPSA) is 40.5 Å². The second kappa shape index (κ2) is 5.22. The Morgan fingerprint density at radius 3 is 2.23 bits per heavy atom. The SMILES string of the molecule is CCCC(=O)N(CC)CC(C)(C)O. The molecule has 0 aromatic carbocycles. The summed E-state index contributed by atoms with van der Waals surface area (Å²) >= 11 is 0. The Hall–Kier alpha value is -0.570. The van der Waals surface area contributed by atoms with Crippen molar-refractivity contribution in [1.82, 2.24) is 4.90 Å². The molecule has 0 bridgehead atoms. The zero-order valence-corrected chi connectivity index (χ0v) is 9.13. The highest BCUT2D eigenvalue weighted by molar-refractivity contribution is 5.76. The molecule has 0 unspecified atom stereocenters. The molecular formula is C10H21NO2. The lowest BCUT2D eigenvalue weighted by Gasteiger charge is -2.28. The molecule has 0 atom stereocenters. The third-order valence-electron chi connectivity index (χ3n) is 1.78. The summed E-state index contributed by atoms with van der Waals surface area (Å²) in [5, 5.41) is 9.54. The molecule has 78 valence electrons. The van der Waals surface area contributed by atoms with Gasteiger partial charge >= 0.3 is 0 Å². The molecule has 0 rings (SSSR count). The van der Waals surface area contributed by atoms with Crippen LogP contribution in [0.15, 0.2) is 0 Å². The number of hydrogen-bond acceptors (Lipinski definition) is 2. The maximum absolute atomic E-state index is 11.5. The van der Waals surface area contributed by atoms with E-state index in [0.29, 0.717) is 19.5 Å². The number of hydrogen-bond donors (Lipinski definition) is 1. The van der Waals surface area contributed by atoms with Crippen LogP contribution in [0.5, 0.6) is 0 Å². The Kier molecular flexibility index (Phi) is 4.99. The maximum atomic E-state index is 11.5. The summed E-state index contributed by atoms with van der Waals surface area (Å²) in [6.45, 7) is 8.43. The third-order valence-corrected chi connectivity index (χ3v) is 1.78. The number of rotatable bonds is 5. The van der Waals surface area contributed by atoms with Crippen LogP contribution in [-0.2, 0) is 4.79 Å². The van der Waals surface area contributed by atoms with E-state index in [1.165, 1.54) is 0 Å². The van der Waals surface area contributed by atoms with Gasteiger partial charge in [-0.1, -0.05) is 6.92 Å². The molecule has 0 fully saturated rings. The monoisotopic (exact) mass is 187 g/mol. The van der Waals surface area contributed by atoms with Crippen LogP contribution in [0.4, 0.5) is 0 Å². The maximum Gasteiger partial charge on any atom is 0.222 e. The van der Waals surface area contributed by atoms with Crippen LogP contribution in [0, 0.1) is 0 Å². The molecule has 1 N–H and O–H groups in total. The van der Waals surface area contributed by atoms with Crippen molar-refractivity contribution >= 4 is 5.91 Å². The average Bonchev–Trinajstić information content (AvgIpc) is 1.99. The lowest BCUT2D eigenvalue weighted by molar-refractivity contribution is -0.133. The Balaban J connectivity index is 4.10. The van der Waals surface area contributed by atoms with Gasteiger partial charge < -0.3 is 10.0 Å². The highest BCUT2D eigenvalue weighted by atomic mass is 16.3. The average molecular weight is 187 g/mol. The smallest absolute Gasteiger partial charge is 0.222 e. The molecule has 0 aromatic heterocycles. The van der Waals surface area contributed by atoms with Gasteiger partial charge in [-0.15, -0.1) is 0 Å². The second-order valence-electron chi connectivity index (χ2n) is 3.97. The molecule has 0 aliphatic carbocycles. The summed E-state index contributed by atoms with van der Waals surface area (Å²) < 4.78 is 0. The first kappa shape index (κ1) is 12.4. The van der Waals surface area contributed by atoms with Gasteiger partial charge in [-0.05, 0) is 27.2 Å². The standard InChI is InChI=1S/C10H21NO2/c1-5-7-9(12)11(6-2)8-10(3,4)13/h13H,5-8H2,1-4H3. The normalized spacial score (nSPS) is 11.5. The fraction of sp³-hybridized carbons (Fsp3) is 0.900. The lowest BCUT2D eigenvalue weighted by Crippen LogP contribution is -2.41. The van der Waals surface area contributed by atoms with Gasteiger partial charge in [0.05, 0.1) is 5.60 Å². The van der Waals surface area contributed by atoms with Crippen molar-refractivity contribution in [3.63, 3.8) is 0 Å². The first-order valence-corrected chi connectivity index (χ1v) is 4.91. The highest BCUT2D eigenvalue weighted by Crippen LogP contribution is 2.06. The molecule has 1 amide bonds. The van der Waals surface area contributed by atoms with Crippen LogP contribution >= 0.6 is 0 Å². The van der Waals surface area contributed by atoms with E-state index in [0.717, 1.165) is 6.42 Å². The predicted molar refractivity (Wildman–Crippen MR) is 53.5 cm³/mol. The number of likely N-dealkylation sites (N-methyl/N-ethyl adjacent to an activating group) is 1. The molecule has 0 aliphatic heterocycles. The highest BCUT2D eigenvalue weighted by Gasteiger charge is 2.20. The minimum atomic E-state index is -0.792. The van der Waals surface area contributed by atoms with E-state index < -0.39 is 5.60 Å². The van der Waals surface area contributed by atoms with E-state index in [1.54, 1.807) is 18.7 Å². The fourth-order valence-electron chi connectivity index (χ4n) is 1.22. The summed E-state index contributed by atoms with van der Waals surface area (Å²) in [6, 6.07) is 0. The molecule has 0 saturated heterocycles. The summed E-state index contributed by atoms with van der Waals surface area (Å²) in [4.78, 5) is 13.2. The van der Waals surface area contributed by atoms with E-state index in [4.69, 9.17) is 0 Å². The zero-order valence-electron chi connectivity index (χ0n) is 9.13. The van der Waals surface area contributed by atoms with Gasteiger partial charge in [0.2, 0.25) is 5.91 Å². The van der Waals surface area contributed by atoms with E-state index in [2.05, 4.69) is 0 Å². The van der Waals surface area contributed by atoms with Crippen molar-refractivity contribution in [1.29, 1.82) is 0 Å². The van der Waals surface area contributed by atoms with E-state index in [1.807, 2.05) is 13.8 Å². The first-order valence-electron chi connectivity index (χ1n) is 4.91. The molecule has 0 heterocycles. The Morgan fingerprint density at radius 1 is 1.38 bits per heavy atom. The van der Waals surface area contributed by atoms with E-state index in [9.17, 15) is 9.90 Å². The fourth-order valence-corrected chi connectivity index (χ4v) is 1.22. The summed E-state index contributed by atoms with van der Waals surface area (Å²) in [6.07, 6.45) is 1.44. The predicted octanol–water partition coefficient (Wildman–Crippen LogP) is 1.41. The number of aliphatic hydroxyl groups is 1. The Labute approximate surface area is 80.7 Å². The van der Waals surface area contributed by atoms with Crippen LogP contribution in [0.2, 0.25) is 0 Å². The molecular weight excluding hydrogens is 166 g/mol. The van der Waals surface area contributed by atoms with Gasteiger partial charge in [-0.25, -0.2) is 0 Å². The Morgan fingerprint density at radius 2 is 1.92 bits per heavy atom. The van der Waals surface area contributed by atoms with Crippen LogP contribution in [0.3, 0.4) is 0 Å². The minimum absolute atomic E-state index is 0.132. The van der Waals surface area contributed by atoms with Crippen LogP contribution in [-0.4, -0.2) is 34.6 Å². The second-order valence-corrected chi connectivity index (χ2v) is 3.97. The summed E-state index contributed by atoms with van der Waals surface area (Å²) in [5.74, 6) is 0.132. The molecule has 13 heavy (non-hydrogen) atoms. The van der Waals surface area contributed by atoms with Crippen LogP contribution in [0.1, 0.15) is 40.5 Å². The molecule has 0 aliphatic rings. The number of amides is 1. The van der Waals surface area contributed by atoms with Gasteiger partial charge in [0, 0.05) is 19.5 Å². The first-order chi connectivity index (χ1) is 5.90. The van der Waals surface area contributed by atoms with Crippen molar-refractivity contribution in [2.75, 3.05) is 13.1 Å². The van der Waals surface area contributed by atoms with Gasteiger partial charge in [0.15, 0.2) is 0 Å². The molecule has 3 heteroatoms. The van der Waals surface area contributed by atoms with Gasteiger partial charge in [0.25, 0.3) is 0 Å². The zero-order chi connectivity index (χ0) is 10.5. The number of nitrogens with zero attached hydrogens (tertiary/aromatic N) is 1. The molecule has 0 spiro atoms.